The summed E-state index contributed by atoms with van der Waals surface area (Å²) in [4.78, 5) is 23.7. The van der Waals surface area contributed by atoms with Crippen LogP contribution < -0.4 is 5.32 Å². The summed E-state index contributed by atoms with van der Waals surface area (Å²) < 4.78 is 42.5. The van der Waals surface area contributed by atoms with E-state index >= 15 is 0 Å². The molecule has 1 aromatic heterocycles. The van der Waals surface area contributed by atoms with Crippen molar-refractivity contribution in [2.45, 2.75) is 32.5 Å². The van der Waals surface area contributed by atoms with Crippen LogP contribution in [0.4, 0.5) is 13.2 Å². The first kappa shape index (κ1) is 17.1. The second kappa shape index (κ2) is 7.70. The molecule has 1 N–H and O–H groups in total. The number of hydrogen-bond acceptors (Lipinski definition) is 3. The Morgan fingerprint density at radius 1 is 1.38 bits per heavy atom. The number of carbonyl (C=O) groups excluding carboxylic acids is 2. The van der Waals surface area contributed by atoms with Crippen molar-refractivity contribution in [3.8, 4) is 0 Å². The normalized spacial score (nSPS) is 11.2. The maximum absolute atomic E-state index is 12.5. The molecule has 1 aromatic rings. The Kier molecular flexibility index (Phi) is 6.26. The molecule has 0 spiro atoms. The highest BCUT2D eigenvalue weighted by atomic mass is 19.4. The van der Waals surface area contributed by atoms with Crippen LogP contribution in [0.1, 0.15) is 25.5 Å². The maximum Gasteiger partial charge on any atom is 0.406 e. The third-order valence-corrected chi connectivity index (χ3v) is 2.56. The van der Waals surface area contributed by atoms with Crippen molar-refractivity contribution in [1.82, 2.24) is 10.2 Å². The fraction of sp³-hybridized carbons (Fsp3) is 0.538. The maximum atomic E-state index is 12.5. The van der Waals surface area contributed by atoms with E-state index in [0.717, 1.165) is 0 Å². The largest absolute Gasteiger partial charge is 0.467 e. The molecular weight excluding hydrogens is 289 g/mol. The van der Waals surface area contributed by atoms with Crippen LogP contribution in [0.5, 0.6) is 0 Å². The lowest BCUT2D eigenvalue weighted by molar-refractivity contribution is -0.162. The van der Waals surface area contributed by atoms with Gasteiger partial charge in [-0.05, 0) is 18.6 Å². The monoisotopic (exact) mass is 306 g/mol. The molecule has 1 rings (SSSR count). The minimum atomic E-state index is -4.52. The molecule has 0 aliphatic rings. The Morgan fingerprint density at radius 2 is 2.10 bits per heavy atom. The molecule has 118 valence electrons. The Morgan fingerprint density at radius 3 is 2.62 bits per heavy atom. The summed E-state index contributed by atoms with van der Waals surface area (Å²) in [5.74, 6) is -0.934. The molecule has 0 radical (unpaired) electrons. The lowest BCUT2D eigenvalue weighted by atomic mass is 10.3. The number of furan rings is 1. The lowest BCUT2D eigenvalue weighted by Crippen LogP contribution is -2.43. The van der Waals surface area contributed by atoms with Crippen LogP contribution in [0, 0.1) is 0 Å². The highest BCUT2D eigenvalue weighted by Gasteiger charge is 2.33. The molecule has 0 aliphatic heterocycles. The SMILES string of the molecule is CCCC(=O)NCC(=O)N(Cc1ccco1)CC(F)(F)F. The third kappa shape index (κ3) is 6.82. The first-order valence-corrected chi connectivity index (χ1v) is 6.45. The molecule has 0 aromatic carbocycles. The smallest absolute Gasteiger partial charge is 0.406 e. The number of amides is 2. The van der Waals surface area contributed by atoms with E-state index in [0.29, 0.717) is 11.3 Å². The van der Waals surface area contributed by atoms with Crippen LogP contribution in [0.3, 0.4) is 0 Å². The third-order valence-electron chi connectivity index (χ3n) is 2.56. The van der Waals surface area contributed by atoms with Gasteiger partial charge in [-0.1, -0.05) is 6.92 Å². The molecule has 0 aliphatic carbocycles. The molecule has 8 heteroatoms. The van der Waals surface area contributed by atoms with Gasteiger partial charge in [-0.3, -0.25) is 9.59 Å². The van der Waals surface area contributed by atoms with Gasteiger partial charge in [0.1, 0.15) is 12.3 Å². The van der Waals surface area contributed by atoms with Gasteiger partial charge in [0.25, 0.3) is 0 Å². The van der Waals surface area contributed by atoms with Gasteiger partial charge in [0.05, 0.1) is 19.4 Å². The summed E-state index contributed by atoms with van der Waals surface area (Å²) in [5, 5.41) is 2.30. The fourth-order valence-electron chi connectivity index (χ4n) is 1.64. The number of hydrogen-bond donors (Lipinski definition) is 1. The van der Waals surface area contributed by atoms with E-state index < -0.39 is 25.2 Å². The molecular formula is C13H17F3N2O3. The molecule has 5 nitrogen and oxygen atoms in total. The highest BCUT2D eigenvalue weighted by Crippen LogP contribution is 2.18. The topological polar surface area (TPSA) is 62.6 Å². The van der Waals surface area contributed by atoms with Gasteiger partial charge in [0.2, 0.25) is 11.8 Å². The number of nitrogens with one attached hydrogen (secondary N) is 1. The second-order valence-electron chi connectivity index (χ2n) is 4.47. The number of alkyl halides is 3. The fourth-order valence-corrected chi connectivity index (χ4v) is 1.64. The number of halogens is 3. The predicted octanol–water partition coefficient (Wildman–Crippen LogP) is 2.09. The summed E-state index contributed by atoms with van der Waals surface area (Å²) in [5.41, 5.74) is 0. The van der Waals surface area contributed by atoms with Gasteiger partial charge in [0, 0.05) is 6.42 Å². The van der Waals surface area contributed by atoms with Crippen molar-refractivity contribution < 1.29 is 27.2 Å². The molecule has 0 atom stereocenters. The quantitative estimate of drug-likeness (QED) is 0.839. The summed E-state index contributed by atoms with van der Waals surface area (Å²) in [6, 6.07) is 3.00. The summed E-state index contributed by atoms with van der Waals surface area (Å²) in [6.45, 7) is -0.366. The second-order valence-corrected chi connectivity index (χ2v) is 4.47. The molecule has 0 fully saturated rings. The van der Waals surface area contributed by atoms with E-state index in [-0.39, 0.29) is 24.6 Å². The molecule has 1 heterocycles. The lowest BCUT2D eigenvalue weighted by Gasteiger charge is -2.23. The molecule has 2 amide bonds. The molecule has 0 bridgehead atoms. The summed E-state index contributed by atoms with van der Waals surface area (Å²) in [7, 11) is 0. The van der Waals surface area contributed by atoms with Gasteiger partial charge >= 0.3 is 6.18 Å². The number of carbonyl (C=O) groups is 2. The number of nitrogens with zero attached hydrogens (tertiary/aromatic N) is 1. The van der Waals surface area contributed by atoms with Crippen molar-refractivity contribution in [2.24, 2.45) is 0 Å². The van der Waals surface area contributed by atoms with Crippen LogP contribution in [0.2, 0.25) is 0 Å². The van der Waals surface area contributed by atoms with Crippen molar-refractivity contribution in [3.05, 3.63) is 24.2 Å². The Balaban J connectivity index is 2.62. The van der Waals surface area contributed by atoms with Crippen molar-refractivity contribution in [3.63, 3.8) is 0 Å². The Hall–Kier alpha value is -1.99. The minimum absolute atomic E-state index is 0.227. The molecule has 0 saturated carbocycles. The average Bonchev–Trinajstić information content (AvgIpc) is 2.87. The van der Waals surface area contributed by atoms with E-state index in [2.05, 4.69) is 5.32 Å². The first-order chi connectivity index (χ1) is 9.81. The van der Waals surface area contributed by atoms with Crippen molar-refractivity contribution >= 4 is 11.8 Å². The van der Waals surface area contributed by atoms with Crippen LogP contribution in [-0.2, 0) is 16.1 Å². The molecule has 0 unspecified atom stereocenters. The van der Waals surface area contributed by atoms with E-state index in [1.807, 2.05) is 0 Å². The van der Waals surface area contributed by atoms with Gasteiger partial charge in [-0.15, -0.1) is 0 Å². The predicted molar refractivity (Wildman–Crippen MR) is 68.1 cm³/mol. The summed E-state index contributed by atoms with van der Waals surface area (Å²) >= 11 is 0. The Labute approximate surface area is 120 Å². The highest BCUT2D eigenvalue weighted by molar-refractivity contribution is 5.84. The van der Waals surface area contributed by atoms with Gasteiger partial charge < -0.3 is 14.6 Å². The first-order valence-electron chi connectivity index (χ1n) is 6.45. The van der Waals surface area contributed by atoms with Crippen LogP contribution in [0.15, 0.2) is 22.8 Å². The number of rotatable bonds is 7. The molecule has 21 heavy (non-hydrogen) atoms. The molecule has 0 saturated heterocycles. The average molecular weight is 306 g/mol. The zero-order valence-electron chi connectivity index (χ0n) is 11.6. The van der Waals surface area contributed by atoms with Crippen molar-refractivity contribution in [2.75, 3.05) is 13.1 Å². The van der Waals surface area contributed by atoms with Crippen LogP contribution >= 0.6 is 0 Å². The minimum Gasteiger partial charge on any atom is -0.467 e. The van der Waals surface area contributed by atoms with Crippen molar-refractivity contribution in [1.29, 1.82) is 0 Å². The van der Waals surface area contributed by atoms with Gasteiger partial charge in [-0.25, -0.2) is 0 Å². The summed E-state index contributed by atoms with van der Waals surface area (Å²) in [6.07, 6.45) is -2.38. The zero-order chi connectivity index (χ0) is 15.9. The zero-order valence-corrected chi connectivity index (χ0v) is 11.6. The van der Waals surface area contributed by atoms with E-state index in [1.54, 1.807) is 6.92 Å². The van der Waals surface area contributed by atoms with E-state index in [1.165, 1.54) is 18.4 Å². The standard InChI is InChI=1S/C13H17F3N2O3/c1-2-4-11(19)17-7-12(20)18(9-13(14,15)16)8-10-5-3-6-21-10/h3,5-6H,2,4,7-9H2,1H3,(H,17,19). The van der Waals surface area contributed by atoms with Gasteiger partial charge in [0.15, 0.2) is 0 Å². The van der Waals surface area contributed by atoms with E-state index in [4.69, 9.17) is 4.42 Å². The van der Waals surface area contributed by atoms with E-state index in [9.17, 15) is 22.8 Å². The van der Waals surface area contributed by atoms with Crippen LogP contribution in [-0.4, -0.2) is 36.0 Å². The van der Waals surface area contributed by atoms with Gasteiger partial charge in [-0.2, -0.15) is 13.2 Å². The van der Waals surface area contributed by atoms with Crippen LogP contribution in [0.25, 0.3) is 0 Å². The Bertz CT molecular complexity index is 458.